The summed E-state index contributed by atoms with van der Waals surface area (Å²) in [5.41, 5.74) is 1.67. The highest BCUT2D eigenvalue weighted by atomic mass is 35.5. The number of rotatable bonds is 4. The summed E-state index contributed by atoms with van der Waals surface area (Å²) in [6.07, 6.45) is 0.102. The first-order valence-corrected chi connectivity index (χ1v) is 6.13. The van der Waals surface area contributed by atoms with Crippen LogP contribution in [0.25, 0.3) is 0 Å². The number of halogens is 1. The summed E-state index contributed by atoms with van der Waals surface area (Å²) in [4.78, 5) is 10.8. The monoisotopic (exact) mass is 254 g/mol. The van der Waals surface area contributed by atoms with Gasteiger partial charge < -0.3 is 5.11 Å². The Kier molecular flexibility index (Phi) is 4.21. The van der Waals surface area contributed by atoms with Gasteiger partial charge in [-0.05, 0) is 23.1 Å². The molecule has 0 aliphatic carbocycles. The van der Waals surface area contributed by atoms with E-state index >= 15 is 0 Å². The fourth-order valence-electron chi connectivity index (χ4n) is 1.90. The molecule has 0 aliphatic rings. The number of hydrogen-bond donors (Lipinski definition) is 1. The van der Waals surface area contributed by atoms with Gasteiger partial charge in [0.1, 0.15) is 0 Å². The maximum absolute atomic E-state index is 10.8. The standard InChI is InChI=1S/C14H19ClO2/c1-9(2)11-6-5-10(7-12(11)15)14(3,4)8-13(16)17/h5-7,9H,8H2,1-4H3,(H,16,17). The molecule has 3 heteroatoms. The molecule has 0 saturated heterocycles. The first-order chi connectivity index (χ1) is 7.74. The van der Waals surface area contributed by atoms with Crippen molar-refractivity contribution in [3.8, 4) is 0 Å². The van der Waals surface area contributed by atoms with Crippen LogP contribution in [0.5, 0.6) is 0 Å². The van der Waals surface area contributed by atoms with Crippen LogP contribution >= 0.6 is 11.6 Å². The van der Waals surface area contributed by atoms with Gasteiger partial charge in [0.25, 0.3) is 0 Å². The summed E-state index contributed by atoms with van der Waals surface area (Å²) in [5.74, 6) is -0.418. The minimum Gasteiger partial charge on any atom is -0.481 e. The lowest BCUT2D eigenvalue weighted by atomic mass is 9.81. The Hall–Kier alpha value is -1.02. The minimum absolute atomic E-state index is 0.102. The summed E-state index contributed by atoms with van der Waals surface area (Å²) in [6.45, 7) is 8.01. The molecule has 0 atom stereocenters. The quantitative estimate of drug-likeness (QED) is 0.874. The SMILES string of the molecule is CC(C)c1ccc(C(C)(C)CC(=O)O)cc1Cl. The lowest BCUT2D eigenvalue weighted by molar-refractivity contribution is -0.138. The molecule has 0 saturated carbocycles. The molecule has 1 N–H and O–H groups in total. The van der Waals surface area contributed by atoms with Crippen LogP contribution in [0.2, 0.25) is 5.02 Å². The van der Waals surface area contributed by atoms with Gasteiger partial charge in [-0.2, -0.15) is 0 Å². The Morgan fingerprint density at radius 2 is 2.00 bits per heavy atom. The highest BCUT2D eigenvalue weighted by molar-refractivity contribution is 6.31. The Bertz CT molecular complexity index is 422. The Labute approximate surface area is 108 Å². The van der Waals surface area contributed by atoms with Crippen LogP contribution in [0.4, 0.5) is 0 Å². The van der Waals surface area contributed by atoms with Crippen LogP contribution in [0, 0.1) is 0 Å². The molecule has 1 rings (SSSR count). The van der Waals surface area contributed by atoms with E-state index in [1.165, 1.54) is 0 Å². The highest BCUT2D eigenvalue weighted by Gasteiger charge is 2.24. The van der Waals surface area contributed by atoms with Gasteiger partial charge in [0.15, 0.2) is 0 Å². The van der Waals surface area contributed by atoms with E-state index in [0.717, 1.165) is 16.1 Å². The van der Waals surface area contributed by atoms with Gasteiger partial charge in [0, 0.05) is 10.4 Å². The van der Waals surface area contributed by atoms with Gasteiger partial charge in [-0.25, -0.2) is 0 Å². The fourth-order valence-corrected chi connectivity index (χ4v) is 2.30. The second kappa shape index (κ2) is 5.09. The second-order valence-electron chi connectivity index (χ2n) is 5.35. The minimum atomic E-state index is -0.793. The van der Waals surface area contributed by atoms with E-state index < -0.39 is 11.4 Å². The third-order valence-electron chi connectivity index (χ3n) is 3.00. The normalized spacial score (nSPS) is 11.9. The summed E-state index contributed by atoms with van der Waals surface area (Å²) < 4.78 is 0. The molecule has 0 radical (unpaired) electrons. The average molecular weight is 255 g/mol. The van der Waals surface area contributed by atoms with E-state index in [9.17, 15) is 4.79 Å². The van der Waals surface area contributed by atoms with Crippen LogP contribution in [0.3, 0.4) is 0 Å². The van der Waals surface area contributed by atoms with E-state index in [0.29, 0.717) is 5.92 Å². The zero-order valence-corrected chi connectivity index (χ0v) is 11.5. The molecule has 0 aromatic heterocycles. The molecular formula is C14H19ClO2. The summed E-state index contributed by atoms with van der Waals surface area (Å²) in [7, 11) is 0. The molecule has 0 amide bonds. The number of benzene rings is 1. The lowest BCUT2D eigenvalue weighted by Gasteiger charge is -2.24. The van der Waals surface area contributed by atoms with Gasteiger partial charge in [0.2, 0.25) is 0 Å². The average Bonchev–Trinajstić information content (AvgIpc) is 2.14. The summed E-state index contributed by atoms with van der Waals surface area (Å²) in [6, 6.07) is 5.86. The summed E-state index contributed by atoms with van der Waals surface area (Å²) >= 11 is 6.22. The third-order valence-corrected chi connectivity index (χ3v) is 3.32. The number of carbonyl (C=O) groups is 1. The Morgan fingerprint density at radius 3 is 2.41 bits per heavy atom. The van der Waals surface area contributed by atoms with Crippen molar-refractivity contribution in [3.63, 3.8) is 0 Å². The van der Waals surface area contributed by atoms with Gasteiger partial charge in [0.05, 0.1) is 6.42 Å². The largest absolute Gasteiger partial charge is 0.481 e. The fraction of sp³-hybridized carbons (Fsp3) is 0.500. The van der Waals surface area contributed by atoms with E-state index in [4.69, 9.17) is 16.7 Å². The predicted molar refractivity (Wildman–Crippen MR) is 70.8 cm³/mol. The maximum Gasteiger partial charge on any atom is 0.304 e. The first-order valence-electron chi connectivity index (χ1n) is 5.76. The molecule has 2 nitrogen and oxygen atoms in total. The maximum atomic E-state index is 10.8. The molecule has 0 spiro atoms. The van der Waals surface area contributed by atoms with Crippen molar-refractivity contribution in [1.82, 2.24) is 0 Å². The van der Waals surface area contributed by atoms with Crippen molar-refractivity contribution in [2.45, 2.75) is 45.4 Å². The van der Waals surface area contributed by atoms with Crippen molar-refractivity contribution in [1.29, 1.82) is 0 Å². The zero-order chi connectivity index (χ0) is 13.2. The van der Waals surface area contributed by atoms with Crippen molar-refractivity contribution >= 4 is 17.6 Å². The van der Waals surface area contributed by atoms with Crippen LogP contribution in [-0.4, -0.2) is 11.1 Å². The Morgan fingerprint density at radius 1 is 1.41 bits per heavy atom. The second-order valence-corrected chi connectivity index (χ2v) is 5.75. The number of hydrogen-bond acceptors (Lipinski definition) is 1. The van der Waals surface area contributed by atoms with Crippen LogP contribution in [0.15, 0.2) is 18.2 Å². The molecule has 1 aromatic rings. The number of carboxylic acids is 1. The van der Waals surface area contributed by atoms with Crippen molar-refractivity contribution in [2.24, 2.45) is 0 Å². The van der Waals surface area contributed by atoms with Gasteiger partial charge >= 0.3 is 5.97 Å². The molecular weight excluding hydrogens is 236 g/mol. The van der Waals surface area contributed by atoms with Gasteiger partial charge in [-0.15, -0.1) is 0 Å². The van der Waals surface area contributed by atoms with Crippen molar-refractivity contribution < 1.29 is 9.90 Å². The highest BCUT2D eigenvalue weighted by Crippen LogP contribution is 2.32. The molecule has 0 fully saturated rings. The molecule has 17 heavy (non-hydrogen) atoms. The predicted octanol–water partition coefficient (Wildman–Crippen LogP) is 4.22. The topological polar surface area (TPSA) is 37.3 Å². The number of carboxylic acid groups (broad SMARTS) is 1. The van der Waals surface area contributed by atoms with Crippen molar-refractivity contribution in [3.05, 3.63) is 34.3 Å². The zero-order valence-electron chi connectivity index (χ0n) is 10.7. The smallest absolute Gasteiger partial charge is 0.304 e. The molecule has 1 aromatic carbocycles. The molecule has 0 aliphatic heterocycles. The lowest BCUT2D eigenvalue weighted by Crippen LogP contribution is -2.21. The van der Waals surface area contributed by atoms with Crippen LogP contribution in [-0.2, 0) is 10.2 Å². The van der Waals surface area contributed by atoms with E-state index in [1.807, 2.05) is 32.0 Å². The molecule has 94 valence electrons. The molecule has 0 unspecified atom stereocenters. The van der Waals surface area contributed by atoms with Crippen LogP contribution < -0.4 is 0 Å². The van der Waals surface area contributed by atoms with Gasteiger partial charge in [-0.3, -0.25) is 4.79 Å². The van der Waals surface area contributed by atoms with Crippen molar-refractivity contribution in [2.75, 3.05) is 0 Å². The van der Waals surface area contributed by atoms with E-state index in [1.54, 1.807) is 0 Å². The van der Waals surface area contributed by atoms with E-state index in [2.05, 4.69) is 13.8 Å². The van der Waals surface area contributed by atoms with E-state index in [-0.39, 0.29) is 6.42 Å². The molecule has 0 bridgehead atoms. The molecule has 0 heterocycles. The first kappa shape index (κ1) is 14.0. The summed E-state index contributed by atoms with van der Waals surface area (Å²) in [5, 5.41) is 9.61. The Balaban J connectivity index is 3.08. The van der Waals surface area contributed by atoms with Crippen LogP contribution in [0.1, 0.15) is 51.2 Å². The third kappa shape index (κ3) is 3.47. The van der Waals surface area contributed by atoms with Gasteiger partial charge in [-0.1, -0.05) is 51.4 Å². The number of aliphatic carboxylic acids is 1.